The fourth-order valence-electron chi connectivity index (χ4n) is 0.534. The molecule has 0 saturated carbocycles. The second kappa shape index (κ2) is 6.73. The summed E-state index contributed by atoms with van der Waals surface area (Å²) in [7, 11) is 4.17. The Morgan fingerprint density at radius 2 is 1.60 bits per heavy atom. The van der Waals surface area contributed by atoms with Crippen molar-refractivity contribution in [1.82, 2.24) is 5.09 Å². The monoisotopic (exact) mass is 155 g/mol. The first-order valence-electron chi connectivity index (χ1n) is 3.20. The fraction of sp³-hybridized carbons (Fsp3) is 0.250. The smallest absolute Gasteiger partial charge is 0.0130 e. The summed E-state index contributed by atoms with van der Waals surface area (Å²) < 4.78 is 0. The highest BCUT2D eigenvalue weighted by molar-refractivity contribution is 7.13. The van der Waals surface area contributed by atoms with Crippen LogP contribution in [0.5, 0.6) is 0 Å². The summed E-state index contributed by atoms with van der Waals surface area (Å²) in [6.07, 6.45) is 0. The van der Waals surface area contributed by atoms with Gasteiger partial charge in [0.2, 0.25) is 0 Å². The molecule has 0 aliphatic heterocycles. The Morgan fingerprint density at radius 3 is 1.80 bits per heavy atom. The molecule has 1 nitrogen and oxygen atoms in total. The Bertz CT molecular complexity index is 151. The standard InChI is InChI=1S/C7H8.CH6NP/c1-7-5-3-2-4-6-7;1-2-3/h2-6H,1H3;2H,3H2,1H3. The molecule has 0 fully saturated rings. The average Bonchev–Trinajstić information content (AvgIpc) is 1.91. The third kappa shape index (κ3) is 5.74. The van der Waals surface area contributed by atoms with Gasteiger partial charge in [-0.15, -0.1) is 0 Å². The van der Waals surface area contributed by atoms with Gasteiger partial charge in [0.05, 0.1) is 0 Å². The molecule has 10 heavy (non-hydrogen) atoms. The van der Waals surface area contributed by atoms with Gasteiger partial charge in [-0.05, 0) is 14.0 Å². The van der Waals surface area contributed by atoms with E-state index in [-0.39, 0.29) is 0 Å². The lowest BCUT2D eigenvalue weighted by Crippen LogP contribution is -1.74. The lowest BCUT2D eigenvalue weighted by Gasteiger charge is -1.82. The second-order valence-electron chi connectivity index (χ2n) is 1.94. The summed E-state index contributed by atoms with van der Waals surface area (Å²) in [5.74, 6) is 0. The van der Waals surface area contributed by atoms with Gasteiger partial charge in [-0.1, -0.05) is 45.3 Å². The van der Waals surface area contributed by atoms with E-state index in [9.17, 15) is 0 Å². The first-order valence-corrected chi connectivity index (χ1v) is 3.78. The molecule has 0 aliphatic rings. The minimum atomic E-state index is 1.32. The molecule has 0 bridgehead atoms. The third-order valence-corrected chi connectivity index (χ3v) is 0.940. The second-order valence-corrected chi connectivity index (χ2v) is 2.52. The van der Waals surface area contributed by atoms with Gasteiger partial charge in [0.1, 0.15) is 0 Å². The van der Waals surface area contributed by atoms with Gasteiger partial charge in [0.15, 0.2) is 0 Å². The zero-order valence-corrected chi connectivity index (χ0v) is 7.62. The van der Waals surface area contributed by atoms with E-state index in [0.717, 1.165) is 0 Å². The average molecular weight is 155 g/mol. The molecule has 1 aromatic carbocycles. The maximum atomic E-state index is 2.67. The topological polar surface area (TPSA) is 12.0 Å². The van der Waals surface area contributed by atoms with Gasteiger partial charge in [0.25, 0.3) is 0 Å². The van der Waals surface area contributed by atoms with Crippen LogP contribution in [0.15, 0.2) is 30.3 Å². The Labute approximate surface area is 65.1 Å². The van der Waals surface area contributed by atoms with Crippen LogP contribution in [0.2, 0.25) is 0 Å². The number of hydrogen-bond donors (Lipinski definition) is 1. The van der Waals surface area contributed by atoms with Crippen LogP contribution in [0.1, 0.15) is 5.56 Å². The Kier molecular flexibility index (Phi) is 6.46. The van der Waals surface area contributed by atoms with Gasteiger partial charge in [-0.3, -0.25) is 0 Å². The summed E-state index contributed by atoms with van der Waals surface area (Å²) in [6, 6.07) is 10.3. The molecule has 1 rings (SSSR count). The van der Waals surface area contributed by atoms with Gasteiger partial charge in [0, 0.05) is 0 Å². The normalized spacial score (nSPS) is 7.90. The van der Waals surface area contributed by atoms with Gasteiger partial charge >= 0.3 is 0 Å². The first-order chi connectivity index (χ1) is 4.81. The highest BCUT2D eigenvalue weighted by Gasteiger charge is 1.72. The molecule has 0 aliphatic carbocycles. The van der Waals surface area contributed by atoms with E-state index < -0.39 is 0 Å². The molecule has 1 atom stereocenters. The van der Waals surface area contributed by atoms with Crippen molar-refractivity contribution in [1.29, 1.82) is 0 Å². The van der Waals surface area contributed by atoms with Crippen LogP contribution in [0.4, 0.5) is 0 Å². The van der Waals surface area contributed by atoms with E-state index in [1.807, 2.05) is 25.2 Å². The zero-order valence-electron chi connectivity index (χ0n) is 6.46. The SMILES string of the molecule is CNP.Cc1ccccc1. The summed E-state index contributed by atoms with van der Waals surface area (Å²) in [6.45, 7) is 2.08. The molecule has 0 aromatic heterocycles. The maximum absolute atomic E-state index is 2.67. The van der Waals surface area contributed by atoms with Crippen molar-refractivity contribution in [3.8, 4) is 0 Å². The minimum absolute atomic E-state index is 1.32. The van der Waals surface area contributed by atoms with Crippen molar-refractivity contribution in [2.45, 2.75) is 6.92 Å². The Balaban J connectivity index is 0.000000236. The van der Waals surface area contributed by atoms with E-state index in [1.54, 1.807) is 0 Å². The quantitative estimate of drug-likeness (QED) is 0.565. The third-order valence-electron chi connectivity index (χ3n) is 0.940. The molecule has 1 aromatic rings. The van der Waals surface area contributed by atoms with Crippen molar-refractivity contribution >= 4 is 9.39 Å². The number of nitrogens with one attached hydrogen (secondary N) is 1. The zero-order chi connectivity index (χ0) is 7.82. The van der Waals surface area contributed by atoms with Crippen molar-refractivity contribution in [2.75, 3.05) is 7.05 Å². The molecule has 1 N–H and O–H groups in total. The largest absolute Gasteiger partial charge is 0.304 e. The minimum Gasteiger partial charge on any atom is -0.304 e. The van der Waals surface area contributed by atoms with Crippen molar-refractivity contribution in [3.05, 3.63) is 35.9 Å². The molecule has 56 valence electrons. The predicted molar refractivity (Wildman–Crippen MR) is 49.9 cm³/mol. The Morgan fingerprint density at radius 1 is 1.20 bits per heavy atom. The molecule has 0 radical (unpaired) electrons. The van der Waals surface area contributed by atoms with Crippen LogP contribution in [0, 0.1) is 6.92 Å². The summed E-state index contributed by atoms with van der Waals surface area (Å²) >= 11 is 0. The van der Waals surface area contributed by atoms with Crippen molar-refractivity contribution in [3.63, 3.8) is 0 Å². The molecule has 1 unspecified atom stereocenters. The van der Waals surface area contributed by atoms with E-state index in [1.165, 1.54) is 5.56 Å². The van der Waals surface area contributed by atoms with Gasteiger partial charge < -0.3 is 5.09 Å². The van der Waals surface area contributed by atoms with Crippen LogP contribution in [-0.2, 0) is 0 Å². The van der Waals surface area contributed by atoms with Crippen molar-refractivity contribution < 1.29 is 0 Å². The van der Waals surface area contributed by atoms with Crippen LogP contribution in [0.3, 0.4) is 0 Å². The molecular formula is C8H14NP. The van der Waals surface area contributed by atoms with Crippen LogP contribution < -0.4 is 5.09 Å². The highest BCUT2D eigenvalue weighted by atomic mass is 31.0. The summed E-state index contributed by atoms with van der Waals surface area (Å²) in [4.78, 5) is 0. The van der Waals surface area contributed by atoms with E-state index in [0.29, 0.717) is 0 Å². The Hall–Kier alpha value is -0.390. The molecule has 0 saturated heterocycles. The van der Waals surface area contributed by atoms with Crippen LogP contribution in [0.25, 0.3) is 0 Å². The molecule has 0 spiro atoms. The fourth-order valence-corrected chi connectivity index (χ4v) is 0.534. The number of hydrogen-bond acceptors (Lipinski definition) is 1. The van der Waals surface area contributed by atoms with Gasteiger partial charge in [-0.2, -0.15) is 0 Å². The molecule has 0 heterocycles. The van der Waals surface area contributed by atoms with Crippen molar-refractivity contribution in [2.24, 2.45) is 0 Å². The van der Waals surface area contributed by atoms with E-state index >= 15 is 0 Å². The molecular weight excluding hydrogens is 141 g/mol. The van der Waals surface area contributed by atoms with Crippen LogP contribution in [-0.4, -0.2) is 7.05 Å². The first kappa shape index (κ1) is 9.61. The molecule has 2 heteroatoms. The summed E-state index contributed by atoms with van der Waals surface area (Å²) in [5.41, 5.74) is 1.32. The number of aryl methyl sites for hydroxylation is 1. The number of rotatable bonds is 0. The number of benzene rings is 1. The van der Waals surface area contributed by atoms with E-state index in [4.69, 9.17) is 0 Å². The lowest BCUT2D eigenvalue weighted by atomic mass is 10.2. The predicted octanol–water partition coefficient (Wildman–Crippen LogP) is 1.99. The van der Waals surface area contributed by atoms with Crippen LogP contribution >= 0.6 is 9.39 Å². The van der Waals surface area contributed by atoms with E-state index in [2.05, 4.69) is 33.5 Å². The lowest BCUT2D eigenvalue weighted by molar-refractivity contribution is 1.30. The maximum Gasteiger partial charge on any atom is -0.0130 e. The molecule has 0 amide bonds. The highest BCUT2D eigenvalue weighted by Crippen LogP contribution is 1.92. The van der Waals surface area contributed by atoms with Gasteiger partial charge in [-0.25, -0.2) is 0 Å². The summed E-state index contributed by atoms with van der Waals surface area (Å²) in [5, 5.41) is 2.67.